The largest absolute Gasteiger partial charge is 0.505 e. The number of hydrogen-bond donors (Lipinski definition) is 3. The van der Waals surface area contributed by atoms with Crippen LogP contribution in [0.15, 0.2) is 12.1 Å². The van der Waals surface area contributed by atoms with Crippen LogP contribution in [0.1, 0.15) is 26.3 Å². The Labute approximate surface area is 125 Å². The van der Waals surface area contributed by atoms with Gasteiger partial charge in [0.2, 0.25) is 5.82 Å². The molecule has 0 heterocycles. The van der Waals surface area contributed by atoms with Gasteiger partial charge in [-0.3, -0.25) is 0 Å². The van der Waals surface area contributed by atoms with Crippen LogP contribution in [-0.4, -0.2) is 33.9 Å². The quantitative estimate of drug-likeness (QED) is 0.791. The summed E-state index contributed by atoms with van der Waals surface area (Å²) in [5.41, 5.74) is -1.12. The number of phenolic OH excluding ortho intramolecular Hbond substituents is 1. The number of aromatic hydroxyl groups is 1. The Kier molecular flexibility index (Phi) is 5.29. The van der Waals surface area contributed by atoms with E-state index in [4.69, 9.17) is 14.9 Å². The second-order valence-electron chi connectivity index (χ2n) is 5.61. The van der Waals surface area contributed by atoms with Crippen molar-refractivity contribution in [3.05, 3.63) is 29.3 Å². The maximum absolute atomic E-state index is 13.6. The van der Waals surface area contributed by atoms with Crippen molar-refractivity contribution >= 4 is 12.1 Å². The van der Waals surface area contributed by atoms with E-state index in [1.165, 1.54) is 0 Å². The molecule has 1 aromatic carbocycles. The fraction of sp³-hybridized carbons (Fsp3) is 0.429. The van der Waals surface area contributed by atoms with Gasteiger partial charge in [-0.2, -0.15) is 4.39 Å². The Bertz CT molecular complexity index is 583. The summed E-state index contributed by atoms with van der Waals surface area (Å²) >= 11 is 0. The van der Waals surface area contributed by atoms with Crippen LogP contribution in [-0.2, 0) is 16.0 Å². The van der Waals surface area contributed by atoms with Crippen molar-refractivity contribution in [1.29, 1.82) is 0 Å². The maximum Gasteiger partial charge on any atom is 0.408 e. The average molecular weight is 317 g/mol. The van der Waals surface area contributed by atoms with E-state index in [2.05, 4.69) is 5.32 Å². The molecule has 0 unspecified atom stereocenters. The van der Waals surface area contributed by atoms with Crippen LogP contribution in [0.3, 0.4) is 0 Å². The SMILES string of the molecule is CC(C)(C)OC(=O)N[C@H](Cc1ccc(O)c(F)c1F)C(=O)O. The molecule has 6 nitrogen and oxygen atoms in total. The molecule has 3 N–H and O–H groups in total. The summed E-state index contributed by atoms with van der Waals surface area (Å²) in [4.78, 5) is 22.7. The molecular formula is C14H17F2NO5. The summed E-state index contributed by atoms with van der Waals surface area (Å²) in [5, 5.41) is 20.2. The minimum Gasteiger partial charge on any atom is -0.505 e. The summed E-state index contributed by atoms with van der Waals surface area (Å²) in [7, 11) is 0. The van der Waals surface area contributed by atoms with Gasteiger partial charge in [0.1, 0.15) is 11.6 Å². The number of nitrogens with one attached hydrogen (secondary N) is 1. The number of carboxylic acids is 1. The minimum absolute atomic E-state index is 0.293. The number of amides is 1. The number of carbonyl (C=O) groups excluding carboxylic acids is 1. The third kappa shape index (κ3) is 4.87. The maximum atomic E-state index is 13.6. The monoisotopic (exact) mass is 317 g/mol. The number of carbonyl (C=O) groups is 2. The van der Waals surface area contributed by atoms with Crippen molar-refractivity contribution < 1.29 is 33.3 Å². The highest BCUT2D eigenvalue weighted by Gasteiger charge is 2.26. The van der Waals surface area contributed by atoms with Gasteiger partial charge in [0.05, 0.1) is 0 Å². The van der Waals surface area contributed by atoms with Gasteiger partial charge in [0.25, 0.3) is 0 Å². The number of halogens is 2. The number of rotatable bonds is 4. The molecular weight excluding hydrogens is 300 g/mol. The lowest BCUT2D eigenvalue weighted by Crippen LogP contribution is -2.44. The number of phenols is 1. The molecule has 1 amide bonds. The van der Waals surface area contributed by atoms with Gasteiger partial charge in [0.15, 0.2) is 11.6 Å². The first kappa shape index (κ1) is 17.7. The van der Waals surface area contributed by atoms with Gasteiger partial charge in [-0.15, -0.1) is 0 Å². The van der Waals surface area contributed by atoms with Crippen molar-refractivity contribution in [1.82, 2.24) is 5.32 Å². The second-order valence-corrected chi connectivity index (χ2v) is 5.61. The van der Waals surface area contributed by atoms with Gasteiger partial charge >= 0.3 is 12.1 Å². The Morgan fingerprint density at radius 3 is 2.36 bits per heavy atom. The summed E-state index contributed by atoms with van der Waals surface area (Å²) in [6.07, 6.45) is -1.49. The highest BCUT2D eigenvalue weighted by molar-refractivity contribution is 5.80. The predicted molar refractivity (Wildman–Crippen MR) is 72.5 cm³/mol. The molecule has 1 rings (SSSR count). The number of hydrogen-bond acceptors (Lipinski definition) is 4. The molecule has 0 saturated carbocycles. The van der Waals surface area contributed by atoms with Crippen LogP contribution < -0.4 is 5.32 Å². The molecule has 0 spiro atoms. The Hall–Kier alpha value is -2.38. The molecule has 0 aliphatic carbocycles. The zero-order valence-electron chi connectivity index (χ0n) is 12.3. The minimum atomic E-state index is -1.51. The Morgan fingerprint density at radius 2 is 1.86 bits per heavy atom. The molecule has 0 aliphatic rings. The molecule has 122 valence electrons. The van der Waals surface area contributed by atoms with Crippen molar-refractivity contribution in [3.63, 3.8) is 0 Å². The lowest BCUT2D eigenvalue weighted by molar-refractivity contribution is -0.139. The topological polar surface area (TPSA) is 95.9 Å². The van der Waals surface area contributed by atoms with E-state index in [-0.39, 0.29) is 5.56 Å². The van der Waals surface area contributed by atoms with Crippen LogP contribution in [0.4, 0.5) is 13.6 Å². The van der Waals surface area contributed by atoms with Gasteiger partial charge < -0.3 is 20.3 Å². The summed E-state index contributed by atoms with van der Waals surface area (Å²) in [5.74, 6) is -5.15. The van der Waals surface area contributed by atoms with E-state index in [0.29, 0.717) is 0 Å². The van der Waals surface area contributed by atoms with Crippen LogP contribution in [0.25, 0.3) is 0 Å². The van der Waals surface area contributed by atoms with E-state index in [0.717, 1.165) is 12.1 Å². The number of carboxylic acid groups (broad SMARTS) is 1. The van der Waals surface area contributed by atoms with Crippen LogP contribution in [0.5, 0.6) is 5.75 Å². The van der Waals surface area contributed by atoms with Crippen molar-refractivity contribution in [3.8, 4) is 5.75 Å². The van der Waals surface area contributed by atoms with E-state index >= 15 is 0 Å². The standard InChI is InChI=1S/C14H17F2NO5/c1-14(2,3)22-13(21)17-8(12(19)20)6-7-4-5-9(18)11(16)10(7)15/h4-5,8,18H,6H2,1-3H3,(H,17,21)(H,19,20)/t8-/m1/s1. The van der Waals surface area contributed by atoms with Crippen molar-refractivity contribution in [2.45, 2.75) is 38.8 Å². The second kappa shape index (κ2) is 6.59. The number of benzene rings is 1. The average Bonchev–Trinajstić information content (AvgIpc) is 2.36. The first-order chi connectivity index (χ1) is 10.0. The normalized spacial score (nSPS) is 12.6. The highest BCUT2D eigenvalue weighted by Crippen LogP contribution is 2.22. The third-order valence-electron chi connectivity index (χ3n) is 2.56. The van der Waals surface area contributed by atoms with Crippen LogP contribution >= 0.6 is 0 Å². The zero-order valence-corrected chi connectivity index (χ0v) is 12.3. The number of ether oxygens (including phenoxy) is 1. The molecule has 0 aliphatic heterocycles. The van der Waals surface area contributed by atoms with E-state index < -0.39 is 47.5 Å². The molecule has 0 saturated heterocycles. The molecule has 8 heteroatoms. The fourth-order valence-corrected chi connectivity index (χ4v) is 1.61. The van der Waals surface area contributed by atoms with Crippen LogP contribution in [0.2, 0.25) is 0 Å². The first-order valence-electron chi connectivity index (χ1n) is 6.39. The molecule has 22 heavy (non-hydrogen) atoms. The van der Waals surface area contributed by atoms with Crippen LogP contribution in [0, 0.1) is 11.6 Å². The van der Waals surface area contributed by atoms with Gasteiger partial charge in [0, 0.05) is 6.42 Å². The van der Waals surface area contributed by atoms with Gasteiger partial charge in [-0.05, 0) is 32.4 Å². The lowest BCUT2D eigenvalue weighted by Gasteiger charge is -2.22. The summed E-state index contributed by atoms with van der Waals surface area (Å²) < 4.78 is 31.8. The molecule has 1 aromatic rings. The fourth-order valence-electron chi connectivity index (χ4n) is 1.61. The summed E-state index contributed by atoms with van der Waals surface area (Å²) in [6, 6.07) is 0.439. The Balaban J connectivity index is 2.88. The van der Waals surface area contributed by atoms with Gasteiger partial charge in [-0.25, -0.2) is 14.0 Å². The summed E-state index contributed by atoms with van der Waals surface area (Å²) in [6.45, 7) is 4.78. The molecule has 1 atom stereocenters. The number of alkyl carbamates (subject to hydrolysis) is 1. The van der Waals surface area contributed by atoms with E-state index in [9.17, 15) is 18.4 Å². The van der Waals surface area contributed by atoms with E-state index in [1.807, 2.05) is 0 Å². The third-order valence-corrected chi connectivity index (χ3v) is 2.56. The molecule has 0 bridgehead atoms. The molecule has 0 aromatic heterocycles. The number of aliphatic carboxylic acids is 1. The smallest absolute Gasteiger partial charge is 0.408 e. The molecule has 0 radical (unpaired) electrons. The zero-order chi connectivity index (χ0) is 17.1. The van der Waals surface area contributed by atoms with Gasteiger partial charge in [-0.1, -0.05) is 6.07 Å². The van der Waals surface area contributed by atoms with Crippen molar-refractivity contribution in [2.75, 3.05) is 0 Å². The highest BCUT2D eigenvalue weighted by atomic mass is 19.2. The first-order valence-corrected chi connectivity index (χ1v) is 6.39. The van der Waals surface area contributed by atoms with Crippen molar-refractivity contribution in [2.24, 2.45) is 0 Å². The molecule has 0 fully saturated rings. The predicted octanol–water partition coefficient (Wildman–Crippen LogP) is 2.19. The van der Waals surface area contributed by atoms with E-state index in [1.54, 1.807) is 20.8 Å². The lowest BCUT2D eigenvalue weighted by atomic mass is 10.0. The Morgan fingerprint density at radius 1 is 1.27 bits per heavy atom.